The van der Waals surface area contributed by atoms with Crippen molar-refractivity contribution in [1.29, 1.82) is 0 Å². The molecule has 2 atom stereocenters. The van der Waals surface area contributed by atoms with E-state index in [9.17, 15) is 14.3 Å². The smallest absolute Gasteiger partial charge is 0.457 e. The number of esters is 1. The Morgan fingerprint density at radius 3 is 1.62 bits per heavy atom. The second-order valence-corrected chi connectivity index (χ2v) is 14.2. The van der Waals surface area contributed by atoms with Crippen molar-refractivity contribution in [3.8, 4) is 0 Å². The minimum Gasteiger partial charge on any atom is -0.457 e. The molecule has 0 spiro atoms. The first kappa shape index (κ1) is 49.7. The van der Waals surface area contributed by atoms with E-state index in [2.05, 4.69) is 92.8 Å². The lowest BCUT2D eigenvalue weighted by atomic mass is 10.1. The number of carbonyl (C=O) groups excluding carboxylic acids is 1. The van der Waals surface area contributed by atoms with Gasteiger partial charge in [-0.15, -0.1) is 0 Å². The lowest BCUT2D eigenvalue weighted by molar-refractivity contribution is -0.154. The Morgan fingerprint density at radius 2 is 1.08 bits per heavy atom. The van der Waals surface area contributed by atoms with Crippen LogP contribution in [0.5, 0.6) is 0 Å². The number of allylic oxidation sites excluding steroid dienone is 13. The van der Waals surface area contributed by atoms with Crippen molar-refractivity contribution in [3.63, 3.8) is 0 Å². The molecule has 0 saturated carbocycles. The molecule has 0 aromatic carbocycles. The van der Waals surface area contributed by atoms with Gasteiger partial charge in [-0.2, -0.15) is 0 Å². The predicted molar refractivity (Wildman–Crippen MR) is 219 cm³/mol. The molecule has 0 saturated heterocycles. The summed E-state index contributed by atoms with van der Waals surface area (Å²) in [6.45, 7) is 4.51. The lowest BCUT2D eigenvalue weighted by Crippen LogP contribution is -2.28. The molecular formula is C43H74NO7P. The molecule has 2 unspecified atom stereocenters. The fourth-order valence-electron chi connectivity index (χ4n) is 4.91. The van der Waals surface area contributed by atoms with Gasteiger partial charge in [-0.1, -0.05) is 144 Å². The Morgan fingerprint density at radius 1 is 0.596 bits per heavy atom. The Kier molecular flexibility index (Phi) is 38.1. The summed E-state index contributed by atoms with van der Waals surface area (Å²) in [5.74, 6) is -0.367. The van der Waals surface area contributed by atoms with Crippen molar-refractivity contribution in [2.24, 2.45) is 5.73 Å². The van der Waals surface area contributed by atoms with E-state index in [1.165, 1.54) is 44.9 Å². The molecule has 0 radical (unpaired) electrons. The Bertz CT molecular complexity index is 1060. The highest BCUT2D eigenvalue weighted by Gasteiger charge is 2.25. The van der Waals surface area contributed by atoms with Gasteiger partial charge in [0.15, 0.2) is 0 Å². The number of nitrogens with two attached hydrogens (primary N) is 1. The number of rotatable bonds is 37. The SMILES string of the molecule is CC/C=C\C/C=C\C/C=C\C/C=C\C/C=C\CCOCC(COP(=O)(O)OCCN)OC(=O)CCCCCCCCC/C=C\C/C=C\CCCCC. The summed E-state index contributed by atoms with van der Waals surface area (Å²) in [5.41, 5.74) is 5.35. The third-order valence-corrected chi connectivity index (χ3v) is 8.80. The van der Waals surface area contributed by atoms with Crippen LogP contribution in [0.4, 0.5) is 0 Å². The van der Waals surface area contributed by atoms with Gasteiger partial charge in [0, 0.05) is 13.0 Å². The van der Waals surface area contributed by atoms with E-state index in [0.717, 1.165) is 70.6 Å². The Balaban J connectivity index is 4.22. The van der Waals surface area contributed by atoms with Crippen LogP contribution < -0.4 is 5.73 Å². The van der Waals surface area contributed by atoms with Crippen LogP contribution in [0.1, 0.15) is 142 Å². The van der Waals surface area contributed by atoms with Crippen LogP contribution in [0.3, 0.4) is 0 Å². The highest BCUT2D eigenvalue weighted by Crippen LogP contribution is 2.43. The summed E-state index contributed by atoms with van der Waals surface area (Å²) in [4.78, 5) is 22.4. The normalized spacial score (nSPS) is 14.5. The van der Waals surface area contributed by atoms with Gasteiger partial charge < -0.3 is 20.1 Å². The minimum atomic E-state index is -4.30. The predicted octanol–water partition coefficient (Wildman–Crippen LogP) is 11.7. The number of phosphoric acid groups is 1. The summed E-state index contributed by atoms with van der Waals surface area (Å²) in [6, 6.07) is 0. The van der Waals surface area contributed by atoms with Gasteiger partial charge in [-0.25, -0.2) is 4.57 Å². The number of hydrogen-bond acceptors (Lipinski definition) is 7. The lowest BCUT2D eigenvalue weighted by Gasteiger charge is -2.19. The van der Waals surface area contributed by atoms with Crippen molar-refractivity contribution < 1.29 is 32.8 Å². The zero-order valence-corrected chi connectivity index (χ0v) is 33.7. The fraction of sp³-hybridized carbons (Fsp3) is 0.651. The number of ether oxygens (including phenoxy) is 2. The summed E-state index contributed by atoms with van der Waals surface area (Å²) in [5, 5.41) is 0. The van der Waals surface area contributed by atoms with E-state index in [4.69, 9.17) is 24.3 Å². The number of phosphoric ester groups is 1. The molecule has 0 amide bonds. The van der Waals surface area contributed by atoms with Crippen LogP contribution in [0.2, 0.25) is 0 Å². The molecule has 298 valence electrons. The maximum absolute atomic E-state index is 12.6. The van der Waals surface area contributed by atoms with Crippen LogP contribution in [-0.4, -0.2) is 49.9 Å². The minimum absolute atomic E-state index is 0.0538. The molecule has 0 aliphatic rings. The van der Waals surface area contributed by atoms with Gasteiger partial charge in [0.2, 0.25) is 0 Å². The molecule has 0 bridgehead atoms. The third-order valence-electron chi connectivity index (χ3n) is 7.82. The molecule has 0 aromatic heterocycles. The monoisotopic (exact) mass is 748 g/mol. The van der Waals surface area contributed by atoms with E-state index in [1.807, 2.05) is 6.08 Å². The Hall–Kier alpha value is -2.32. The maximum Gasteiger partial charge on any atom is 0.472 e. The van der Waals surface area contributed by atoms with Crippen LogP contribution in [0.15, 0.2) is 85.1 Å². The van der Waals surface area contributed by atoms with Gasteiger partial charge in [-0.3, -0.25) is 13.8 Å². The molecule has 0 aromatic rings. The van der Waals surface area contributed by atoms with E-state index in [0.29, 0.717) is 13.0 Å². The third kappa shape index (κ3) is 38.9. The van der Waals surface area contributed by atoms with E-state index < -0.39 is 13.9 Å². The highest BCUT2D eigenvalue weighted by molar-refractivity contribution is 7.47. The molecule has 0 aliphatic heterocycles. The highest BCUT2D eigenvalue weighted by atomic mass is 31.2. The molecule has 0 aliphatic carbocycles. The largest absolute Gasteiger partial charge is 0.472 e. The topological polar surface area (TPSA) is 117 Å². The van der Waals surface area contributed by atoms with Gasteiger partial charge in [-0.05, 0) is 77.0 Å². The van der Waals surface area contributed by atoms with E-state index in [1.54, 1.807) is 0 Å². The molecule has 0 heterocycles. The zero-order chi connectivity index (χ0) is 38.1. The summed E-state index contributed by atoms with van der Waals surface area (Å²) >= 11 is 0. The fourth-order valence-corrected chi connectivity index (χ4v) is 5.68. The van der Waals surface area contributed by atoms with E-state index in [-0.39, 0.29) is 38.8 Å². The van der Waals surface area contributed by atoms with Gasteiger partial charge in [0.1, 0.15) is 6.10 Å². The molecule has 3 N–H and O–H groups in total. The molecule has 8 nitrogen and oxygen atoms in total. The molecular weight excluding hydrogens is 673 g/mol. The van der Waals surface area contributed by atoms with Crippen molar-refractivity contribution in [3.05, 3.63) is 85.1 Å². The van der Waals surface area contributed by atoms with E-state index >= 15 is 0 Å². The molecule has 0 fully saturated rings. The van der Waals surface area contributed by atoms with Crippen molar-refractivity contribution >= 4 is 13.8 Å². The average Bonchev–Trinajstić information content (AvgIpc) is 3.13. The maximum atomic E-state index is 12.6. The molecule has 52 heavy (non-hydrogen) atoms. The van der Waals surface area contributed by atoms with Crippen molar-refractivity contribution in [2.75, 3.05) is 33.0 Å². The summed E-state index contributed by atoms with van der Waals surface area (Å²) in [6.07, 6.45) is 50.5. The van der Waals surface area contributed by atoms with Crippen molar-refractivity contribution in [2.45, 2.75) is 148 Å². The van der Waals surface area contributed by atoms with Crippen LogP contribution in [0, 0.1) is 0 Å². The van der Waals surface area contributed by atoms with Crippen LogP contribution >= 0.6 is 7.82 Å². The standard InChI is InChI=1S/C43H74NO7P/c1-3-5-7-9-11-13-15-17-19-21-22-24-26-28-30-32-34-36-43(45)51-42(41-50-52(46,47)49-39-37-44)40-48-38-35-33-31-29-27-25-23-20-18-16-14-12-10-8-6-4-2/h6,8,11-14,17-20,25,27,31,33,42H,3-5,7,9-10,15-16,21-24,26,28-30,32,34-41,44H2,1-2H3,(H,46,47)/b8-6-,13-11-,14-12-,19-17-,20-18-,27-25-,33-31-. The molecule has 0 rings (SSSR count). The molecule has 9 heteroatoms. The number of unbranched alkanes of at least 4 members (excludes halogenated alkanes) is 10. The number of carbonyl (C=O) groups is 1. The van der Waals surface area contributed by atoms with Crippen LogP contribution in [-0.2, 0) is 27.9 Å². The van der Waals surface area contributed by atoms with Gasteiger partial charge in [0.25, 0.3) is 0 Å². The van der Waals surface area contributed by atoms with Gasteiger partial charge in [0.05, 0.1) is 26.4 Å². The first-order valence-corrected chi connectivity index (χ1v) is 21.6. The first-order valence-electron chi connectivity index (χ1n) is 20.1. The quantitative estimate of drug-likeness (QED) is 0.0279. The Labute approximate surface area is 318 Å². The summed E-state index contributed by atoms with van der Waals surface area (Å²) < 4.78 is 33.2. The number of hydrogen-bond donors (Lipinski definition) is 2. The second kappa shape index (κ2) is 39.9. The second-order valence-electron chi connectivity index (χ2n) is 12.8. The average molecular weight is 748 g/mol. The van der Waals surface area contributed by atoms with Crippen LogP contribution in [0.25, 0.3) is 0 Å². The summed E-state index contributed by atoms with van der Waals surface area (Å²) in [7, 11) is -4.30. The zero-order valence-electron chi connectivity index (χ0n) is 32.8. The van der Waals surface area contributed by atoms with Gasteiger partial charge >= 0.3 is 13.8 Å². The first-order chi connectivity index (χ1) is 25.4. The van der Waals surface area contributed by atoms with Crippen molar-refractivity contribution in [1.82, 2.24) is 0 Å².